The van der Waals surface area contributed by atoms with Crippen LogP contribution in [0.3, 0.4) is 0 Å². The largest absolute Gasteiger partial charge is 0.352 e. The number of aryl methyl sites for hydroxylation is 1. The zero-order chi connectivity index (χ0) is 19.8. The fraction of sp³-hybridized carbons (Fsp3) is 0.273. The van der Waals surface area contributed by atoms with Crippen molar-refractivity contribution in [1.82, 2.24) is 19.8 Å². The van der Waals surface area contributed by atoms with Crippen LogP contribution >= 0.6 is 23.8 Å². The van der Waals surface area contributed by atoms with Crippen LogP contribution in [0, 0.1) is 13.8 Å². The van der Waals surface area contributed by atoms with E-state index in [0.717, 1.165) is 28.1 Å². The molecule has 4 rings (SSSR count). The molecule has 0 saturated carbocycles. The number of hydrogen-bond acceptors (Lipinski definition) is 2. The minimum Gasteiger partial charge on any atom is -0.352 e. The van der Waals surface area contributed by atoms with Gasteiger partial charge >= 0.3 is 0 Å². The molecule has 0 bridgehead atoms. The Morgan fingerprint density at radius 1 is 1.14 bits per heavy atom. The summed E-state index contributed by atoms with van der Waals surface area (Å²) in [7, 11) is 0. The molecule has 0 unspecified atom stereocenters. The summed E-state index contributed by atoms with van der Waals surface area (Å²) in [6.07, 6.45) is 1.83. The molecule has 144 valence electrons. The zero-order valence-corrected chi connectivity index (χ0v) is 17.8. The summed E-state index contributed by atoms with van der Waals surface area (Å²) >= 11 is 11.9. The Morgan fingerprint density at radius 3 is 2.64 bits per heavy atom. The van der Waals surface area contributed by atoms with Gasteiger partial charge in [-0.3, -0.25) is 4.98 Å². The third kappa shape index (κ3) is 3.19. The van der Waals surface area contributed by atoms with Gasteiger partial charge in [0.25, 0.3) is 0 Å². The number of nitrogens with one attached hydrogen (secondary N) is 1. The van der Waals surface area contributed by atoms with Crippen molar-refractivity contribution < 1.29 is 0 Å². The summed E-state index contributed by atoms with van der Waals surface area (Å²) in [6, 6.07) is 16.3. The number of benzene rings is 1. The third-order valence-corrected chi connectivity index (χ3v) is 5.98. The first kappa shape index (κ1) is 19.0. The Bertz CT molecular complexity index is 1010. The number of hydrogen-bond donors (Lipinski definition) is 1. The van der Waals surface area contributed by atoms with Crippen molar-refractivity contribution in [3.05, 3.63) is 82.4 Å². The highest BCUT2D eigenvalue weighted by Crippen LogP contribution is 2.41. The second-order valence-corrected chi connectivity index (χ2v) is 7.88. The van der Waals surface area contributed by atoms with Gasteiger partial charge in [0.2, 0.25) is 0 Å². The Hall–Kier alpha value is -2.37. The van der Waals surface area contributed by atoms with Crippen LogP contribution in [0.4, 0.5) is 0 Å². The summed E-state index contributed by atoms with van der Waals surface area (Å²) in [6.45, 7) is 7.26. The predicted molar refractivity (Wildman–Crippen MR) is 118 cm³/mol. The van der Waals surface area contributed by atoms with E-state index >= 15 is 0 Å². The normalized spacial score (nSPS) is 19.1. The third-order valence-electron chi connectivity index (χ3n) is 5.39. The number of thiocarbonyl (C=S) groups is 1. The summed E-state index contributed by atoms with van der Waals surface area (Å²) < 4.78 is 2.26. The van der Waals surface area contributed by atoms with Crippen LogP contribution in [-0.4, -0.2) is 26.1 Å². The SMILES string of the molecule is CCN1C(=S)N[C@@H](c2ccccn2)[C@@H]1c1cc(C)n(-c2cccc(Cl)c2)c1C. The molecule has 2 atom stereocenters. The zero-order valence-electron chi connectivity index (χ0n) is 16.2. The first-order valence-corrected chi connectivity index (χ1v) is 10.2. The van der Waals surface area contributed by atoms with Crippen molar-refractivity contribution in [2.45, 2.75) is 32.9 Å². The Kier molecular flexibility index (Phi) is 5.13. The van der Waals surface area contributed by atoms with E-state index < -0.39 is 0 Å². The van der Waals surface area contributed by atoms with E-state index in [4.69, 9.17) is 23.8 Å². The number of halogens is 1. The van der Waals surface area contributed by atoms with Gasteiger partial charge in [0.15, 0.2) is 5.11 Å². The van der Waals surface area contributed by atoms with E-state index in [2.05, 4.69) is 58.7 Å². The van der Waals surface area contributed by atoms with Gasteiger partial charge in [-0.1, -0.05) is 23.7 Å². The molecule has 0 radical (unpaired) electrons. The van der Waals surface area contributed by atoms with Crippen molar-refractivity contribution in [2.24, 2.45) is 0 Å². The lowest BCUT2D eigenvalue weighted by Crippen LogP contribution is -2.29. The van der Waals surface area contributed by atoms with Gasteiger partial charge in [-0.05, 0) is 75.0 Å². The van der Waals surface area contributed by atoms with Crippen LogP contribution < -0.4 is 5.32 Å². The van der Waals surface area contributed by atoms with Gasteiger partial charge in [-0.25, -0.2) is 0 Å². The average molecular weight is 411 g/mol. The van der Waals surface area contributed by atoms with Crippen LogP contribution in [0.1, 0.15) is 41.7 Å². The number of nitrogens with zero attached hydrogens (tertiary/aromatic N) is 3. The smallest absolute Gasteiger partial charge is 0.170 e. The van der Waals surface area contributed by atoms with Gasteiger partial charge in [-0.2, -0.15) is 0 Å². The van der Waals surface area contributed by atoms with Crippen LogP contribution in [0.15, 0.2) is 54.7 Å². The van der Waals surface area contributed by atoms with Gasteiger partial charge in [0.1, 0.15) is 0 Å². The van der Waals surface area contributed by atoms with E-state index in [-0.39, 0.29) is 12.1 Å². The highest BCUT2D eigenvalue weighted by Gasteiger charge is 2.40. The number of pyridine rings is 1. The van der Waals surface area contributed by atoms with Crippen LogP contribution in [-0.2, 0) is 0 Å². The van der Waals surface area contributed by atoms with Gasteiger partial charge in [0, 0.05) is 34.8 Å². The number of rotatable bonds is 4. The lowest BCUT2D eigenvalue weighted by molar-refractivity contribution is 0.329. The molecule has 2 aromatic heterocycles. The molecule has 1 aliphatic heterocycles. The van der Waals surface area contributed by atoms with Gasteiger partial charge < -0.3 is 14.8 Å². The molecule has 0 aliphatic carbocycles. The van der Waals surface area contributed by atoms with E-state index in [1.54, 1.807) is 0 Å². The predicted octanol–water partition coefficient (Wildman–Crippen LogP) is 5.13. The second kappa shape index (κ2) is 7.57. The van der Waals surface area contributed by atoms with E-state index in [1.165, 1.54) is 17.0 Å². The van der Waals surface area contributed by atoms with Crippen molar-refractivity contribution in [3.63, 3.8) is 0 Å². The maximum atomic E-state index is 6.24. The molecular formula is C22H23ClN4S. The molecule has 4 nitrogen and oxygen atoms in total. The lowest BCUT2D eigenvalue weighted by atomic mass is 9.97. The lowest BCUT2D eigenvalue weighted by Gasteiger charge is -2.27. The fourth-order valence-corrected chi connectivity index (χ4v) is 4.74. The molecule has 0 spiro atoms. The Labute approximate surface area is 176 Å². The molecule has 1 fully saturated rings. The topological polar surface area (TPSA) is 33.1 Å². The van der Waals surface area contributed by atoms with Crippen LogP contribution in [0.2, 0.25) is 5.02 Å². The fourth-order valence-electron chi connectivity index (χ4n) is 4.18. The van der Waals surface area contributed by atoms with E-state index in [1.807, 2.05) is 36.5 Å². The molecule has 1 aromatic carbocycles. The molecule has 3 aromatic rings. The van der Waals surface area contributed by atoms with Gasteiger partial charge in [-0.15, -0.1) is 0 Å². The molecule has 1 aliphatic rings. The van der Waals surface area contributed by atoms with Crippen LogP contribution in [0.5, 0.6) is 0 Å². The molecule has 6 heteroatoms. The monoisotopic (exact) mass is 410 g/mol. The first-order chi connectivity index (χ1) is 13.5. The quantitative estimate of drug-likeness (QED) is 0.604. The highest BCUT2D eigenvalue weighted by molar-refractivity contribution is 7.80. The summed E-state index contributed by atoms with van der Waals surface area (Å²) in [5.74, 6) is 0. The minimum absolute atomic E-state index is 0.0157. The van der Waals surface area contributed by atoms with Crippen LogP contribution in [0.25, 0.3) is 5.69 Å². The Balaban J connectivity index is 1.84. The summed E-state index contributed by atoms with van der Waals surface area (Å²) in [5, 5.41) is 5.00. The van der Waals surface area contributed by atoms with Crippen molar-refractivity contribution in [2.75, 3.05) is 6.54 Å². The molecular weight excluding hydrogens is 388 g/mol. The molecule has 1 saturated heterocycles. The van der Waals surface area contributed by atoms with E-state index in [9.17, 15) is 0 Å². The molecule has 28 heavy (non-hydrogen) atoms. The Morgan fingerprint density at radius 2 is 1.96 bits per heavy atom. The summed E-state index contributed by atoms with van der Waals surface area (Å²) in [5.41, 5.74) is 5.68. The second-order valence-electron chi connectivity index (χ2n) is 7.05. The molecule has 1 N–H and O–H groups in total. The minimum atomic E-state index is 0.0157. The van der Waals surface area contributed by atoms with Crippen molar-refractivity contribution in [1.29, 1.82) is 0 Å². The highest BCUT2D eigenvalue weighted by atomic mass is 35.5. The number of likely N-dealkylation sites (N-methyl/N-ethyl adjacent to an activating group) is 1. The average Bonchev–Trinajstić information content (AvgIpc) is 3.17. The summed E-state index contributed by atoms with van der Waals surface area (Å²) in [4.78, 5) is 6.84. The molecule has 0 amide bonds. The van der Waals surface area contributed by atoms with Crippen molar-refractivity contribution >= 4 is 28.9 Å². The van der Waals surface area contributed by atoms with Gasteiger partial charge in [0.05, 0.1) is 17.8 Å². The maximum Gasteiger partial charge on any atom is 0.170 e. The standard InChI is InChI=1S/C22H23ClN4S/c1-4-26-21(20(25-22(26)28)19-10-5-6-11-24-19)18-12-14(2)27(15(18)3)17-9-7-8-16(23)13-17/h5-13,20-21H,4H2,1-3H3,(H,25,28)/t20-,21-/m0/s1. The van der Waals surface area contributed by atoms with E-state index in [0.29, 0.717) is 0 Å². The van der Waals surface area contributed by atoms with Crippen molar-refractivity contribution in [3.8, 4) is 5.69 Å². The number of aromatic nitrogens is 2. The maximum absolute atomic E-state index is 6.24. The molecule has 3 heterocycles. The first-order valence-electron chi connectivity index (χ1n) is 9.44.